The van der Waals surface area contributed by atoms with Crippen LogP contribution in [-0.2, 0) is 9.59 Å². The van der Waals surface area contributed by atoms with Gasteiger partial charge in [-0.05, 0) is 60.9 Å². The van der Waals surface area contributed by atoms with E-state index in [4.69, 9.17) is 14.2 Å². The van der Waals surface area contributed by atoms with E-state index in [9.17, 15) is 9.59 Å². The maximum atomic E-state index is 12.8. The number of rotatable bonds is 5. The maximum absolute atomic E-state index is 12.8. The zero-order valence-corrected chi connectivity index (χ0v) is 16.5. The van der Waals surface area contributed by atoms with Crippen LogP contribution in [0.1, 0.15) is 16.7 Å². The lowest BCUT2D eigenvalue weighted by Gasteiger charge is -2.16. The van der Waals surface area contributed by atoms with Gasteiger partial charge in [0, 0.05) is 0 Å². The first kappa shape index (κ1) is 19.3. The highest BCUT2D eigenvalue weighted by Crippen LogP contribution is 2.39. The van der Waals surface area contributed by atoms with Gasteiger partial charge < -0.3 is 14.2 Å². The van der Waals surface area contributed by atoms with Gasteiger partial charge in [0.1, 0.15) is 5.57 Å². The summed E-state index contributed by atoms with van der Waals surface area (Å²) in [5.41, 5.74) is 5.95. The van der Waals surface area contributed by atoms with Crippen molar-refractivity contribution < 1.29 is 23.8 Å². The van der Waals surface area contributed by atoms with Gasteiger partial charge in [-0.25, -0.2) is 5.01 Å². The number of hydrazine groups is 1. The molecule has 28 heavy (non-hydrogen) atoms. The molecule has 1 aliphatic heterocycles. The molecule has 1 saturated heterocycles. The summed E-state index contributed by atoms with van der Waals surface area (Å²) in [5.74, 6) is 0.404. The van der Waals surface area contributed by atoms with Crippen LogP contribution in [0.25, 0.3) is 6.08 Å². The van der Waals surface area contributed by atoms with Gasteiger partial charge in [-0.3, -0.25) is 15.0 Å². The molecule has 2 amide bonds. The van der Waals surface area contributed by atoms with E-state index in [1.54, 1.807) is 18.2 Å². The van der Waals surface area contributed by atoms with E-state index in [1.807, 2.05) is 26.0 Å². The van der Waals surface area contributed by atoms with Gasteiger partial charge in [0.2, 0.25) is 5.75 Å². The summed E-state index contributed by atoms with van der Waals surface area (Å²) in [4.78, 5) is 25.3. The predicted molar refractivity (Wildman–Crippen MR) is 106 cm³/mol. The Labute approximate surface area is 163 Å². The molecular weight excluding hydrogens is 360 g/mol. The van der Waals surface area contributed by atoms with Gasteiger partial charge in [-0.1, -0.05) is 6.07 Å². The molecule has 0 radical (unpaired) electrons. The van der Waals surface area contributed by atoms with Gasteiger partial charge >= 0.3 is 0 Å². The lowest BCUT2D eigenvalue weighted by molar-refractivity contribution is -0.117. The first-order valence-corrected chi connectivity index (χ1v) is 8.64. The number of aryl methyl sites for hydroxylation is 2. The van der Waals surface area contributed by atoms with Gasteiger partial charge in [0.15, 0.2) is 11.5 Å². The van der Waals surface area contributed by atoms with Crippen LogP contribution in [-0.4, -0.2) is 33.1 Å². The fraction of sp³-hybridized carbons (Fsp3) is 0.238. The zero-order chi connectivity index (χ0) is 20.4. The minimum Gasteiger partial charge on any atom is -0.493 e. The molecule has 1 aliphatic rings. The smallest absolute Gasteiger partial charge is 0.282 e. The van der Waals surface area contributed by atoms with Gasteiger partial charge in [0.25, 0.3) is 11.8 Å². The molecule has 0 unspecified atom stereocenters. The summed E-state index contributed by atoms with van der Waals surface area (Å²) in [6, 6.07) is 8.91. The number of carbonyl (C=O) groups excluding carboxylic acids is 2. The Hall–Kier alpha value is -3.48. The molecule has 1 fully saturated rings. The number of hydrogen-bond acceptors (Lipinski definition) is 5. The Morgan fingerprint density at radius 3 is 2.07 bits per heavy atom. The van der Waals surface area contributed by atoms with Crippen molar-refractivity contribution in [3.8, 4) is 17.2 Å². The number of amides is 2. The molecular formula is C21H22N2O5. The Kier molecular flexibility index (Phi) is 5.26. The Morgan fingerprint density at radius 2 is 1.54 bits per heavy atom. The highest BCUT2D eigenvalue weighted by molar-refractivity contribution is 6.31. The third-order valence-corrected chi connectivity index (χ3v) is 4.64. The van der Waals surface area contributed by atoms with Crippen LogP contribution in [0.2, 0.25) is 0 Å². The molecule has 1 heterocycles. The normalized spacial score (nSPS) is 15.0. The Morgan fingerprint density at radius 1 is 0.893 bits per heavy atom. The van der Waals surface area contributed by atoms with Gasteiger partial charge in [0.05, 0.1) is 27.0 Å². The summed E-state index contributed by atoms with van der Waals surface area (Å²) in [7, 11) is 4.51. The van der Waals surface area contributed by atoms with E-state index in [1.165, 1.54) is 32.4 Å². The van der Waals surface area contributed by atoms with Crippen LogP contribution < -0.4 is 24.6 Å². The second kappa shape index (κ2) is 7.64. The first-order valence-electron chi connectivity index (χ1n) is 8.64. The summed E-state index contributed by atoms with van der Waals surface area (Å²) in [6.45, 7) is 3.94. The highest BCUT2D eigenvalue weighted by atomic mass is 16.5. The third kappa shape index (κ3) is 3.38. The van der Waals surface area contributed by atoms with E-state index in [0.717, 1.165) is 11.1 Å². The summed E-state index contributed by atoms with van der Waals surface area (Å²) in [5, 5.41) is 1.25. The number of anilines is 1. The second-order valence-corrected chi connectivity index (χ2v) is 6.37. The molecule has 7 heteroatoms. The lowest BCUT2D eigenvalue weighted by atomic mass is 10.1. The van der Waals surface area contributed by atoms with Crippen molar-refractivity contribution in [3.63, 3.8) is 0 Å². The number of benzene rings is 2. The van der Waals surface area contributed by atoms with Crippen LogP contribution in [0.5, 0.6) is 17.2 Å². The molecule has 0 spiro atoms. The zero-order valence-electron chi connectivity index (χ0n) is 16.5. The fourth-order valence-corrected chi connectivity index (χ4v) is 2.96. The van der Waals surface area contributed by atoms with Crippen molar-refractivity contribution in [2.75, 3.05) is 26.3 Å². The minimum atomic E-state index is -0.475. The van der Waals surface area contributed by atoms with Crippen molar-refractivity contribution in [1.82, 2.24) is 5.43 Å². The lowest BCUT2D eigenvalue weighted by Crippen LogP contribution is -2.35. The van der Waals surface area contributed by atoms with E-state index in [-0.39, 0.29) is 5.57 Å². The quantitative estimate of drug-likeness (QED) is 0.636. The average Bonchev–Trinajstić information content (AvgIpc) is 2.97. The molecule has 2 aromatic carbocycles. The topological polar surface area (TPSA) is 77.1 Å². The number of nitrogens with zero attached hydrogens (tertiary/aromatic N) is 1. The predicted octanol–water partition coefficient (Wildman–Crippen LogP) is 2.79. The van der Waals surface area contributed by atoms with Crippen molar-refractivity contribution in [2.24, 2.45) is 0 Å². The molecule has 146 valence electrons. The van der Waals surface area contributed by atoms with Crippen molar-refractivity contribution in [3.05, 3.63) is 52.6 Å². The summed E-state index contributed by atoms with van der Waals surface area (Å²) >= 11 is 0. The molecule has 0 saturated carbocycles. The van der Waals surface area contributed by atoms with Crippen LogP contribution in [0.4, 0.5) is 5.69 Å². The fourth-order valence-electron chi connectivity index (χ4n) is 2.96. The average molecular weight is 382 g/mol. The second-order valence-electron chi connectivity index (χ2n) is 6.37. The largest absolute Gasteiger partial charge is 0.493 e. The van der Waals surface area contributed by atoms with Crippen LogP contribution in [0, 0.1) is 13.8 Å². The Bertz CT molecular complexity index is 956. The third-order valence-electron chi connectivity index (χ3n) is 4.64. The maximum Gasteiger partial charge on any atom is 0.282 e. The van der Waals surface area contributed by atoms with Gasteiger partial charge in [-0.15, -0.1) is 0 Å². The standard InChI is InChI=1S/C21H22N2O5/c1-12-6-7-15(8-13(12)2)23-21(25)16(20(24)22-23)9-14-10-17(26-3)19(28-5)18(11-14)27-4/h6-11H,1-5H3,(H,22,24)/b16-9+. The monoisotopic (exact) mass is 382 g/mol. The van der Waals surface area contributed by atoms with Crippen molar-refractivity contribution in [1.29, 1.82) is 0 Å². The molecule has 0 atom stereocenters. The van der Waals surface area contributed by atoms with Gasteiger partial charge in [-0.2, -0.15) is 0 Å². The Balaban J connectivity index is 1.99. The summed E-state index contributed by atoms with van der Waals surface area (Å²) in [6.07, 6.45) is 1.50. The molecule has 0 aromatic heterocycles. The molecule has 3 rings (SSSR count). The molecule has 2 aromatic rings. The first-order chi connectivity index (χ1) is 13.4. The molecule has 1 N–H and O–H groups in total. The SMILES string of the molecule is COc1cc(/C=C2\C(=O)NN(c3ccc(C)c(C)c3)C2=O)cc(OC)c1OC. The number of nitrogens with one attached hydrogen (secondary N) is 1. The number of hydrogen-bond donors (Lipinski definition) is 1. The van der Waals surface area contributed by atoms with E-state index >= 15 is 0 Å². The summed E-state index contributed by atoms with van der Waals surface area (Å²) < 4.78 is 15.9. The molecule has 0 bridgehead atoms. The van der Waals surface area contributed by atoms with E-state index < -0.39 is 11.8 Å². The van der Waals surface area contributed by atoms with Crippen LogP contribution >= 0.6 is 0 Å². The van der Waals surface area contributed by atoms with E-state index in [2.05, 4.69) is 5.43 Å². The molecule has 0 aliphatic carbocycles. The van der Waals surface area contributed by atoms with Crippen molar-refractivity contribution >= 4 is 23.6 Å². The number of carbonyl (C=O) groups is 2. The number of ether oxygens (including phenoxy) is 3. The molecule has 7 nitrogen and oxygen atoms in total. The van der Waals surface area contributed by atoms with Crippen molar-refractivity contribution in [2.45, 2.75) is 13.8 Å². The highest BCUT2D eigenvalue weighted by Gasteiger charge is 2.34. The van der Waals surface area contributed by atoms with Crippen LogP contribution in [0.3, 0.4) is 0 Å². The minimum absolute atomic E-state index is 0.0208. The van der Waals surface area contributed by atoms with Crippen LogP contribution in [0.15, 0.2) is 35.9 Å². The number of methoxy groups -OCH3 is 3. The van der Waals surface area contributed by atoms with E-state index in [0.29, 0.717) is 28.5 Å².